The van der Waals surface area contributed by atoms with E-state index in [0.717, 1.165) is 0 Å². The van der Waals surface area contributed by atoms with E-state index in [0.29, 0.717) is 12.8 Å². The summed E-state index contributed by atoms with van der Waals surface area (Å²) in [6.07, 6.45) is 2.34. The molecule has 4 heteroatoms. The quantitative estimate of drug-likeness (QED) is 0.569. The number of hydrogen-bond acceptors (Lipinski definition) is 3. The molecule has 0 bridgehead atoms. The summed E-state index contributed by atoms with van der Waals surface area (Å²) in [5.74, 6) is -2.60. The van der Waals surface area contributed by atoms with Gasteiger partial charge in [-0.1, -0.05) is 19.9 Å². The number of rotatable bonds is 7. The van der Waals surface area contributed by atoms with Crippen molar-refractivity contribution in [2.75, 3.05) is 0 Å². The number of esters is 1. The molecule has 0 aromatic carbocycles. The van der Waals surface area contributed by atoms with E-state index in [-0.39, 0.29) is 5.92 Å². The highest BCUT2D eigenvalue weighted by molar-refractivity contribution is 5.81. The highest BCUT2D eigenvalue weighted by atomic mass is 16.6. The lowest BCUT2D eigenvalue weighted by molar-refractivity contribution is -0.167. The topological polar surface area (TPSA) is 63.6 Å². The van der Waals surface area contributed by atoms with Crippen molar-refractivity contribution in [3.63, 3.8) is 0 Å². The van der Waals surface area contributed by atoms with Crippen LogP contribution < -0.4 is 0 Å². The van der Waals surface area contributed by atoms with Crippen molar-refractivity contribution in [1.82, 2.24) is 0 Å². The zero-order valence-electron chi connectivity index (χ0n) is 12.6. The van der Waals surface area contributed by atoms with E-state index in [1.54, 1.807) is 26.8 Å². The number of aliphatic carboxylic acids is 1. The molecule has 0 fully saturated rings. The van der Waals surface area contributed by atoms with Crippen molar-refractivity contribution >= 4 is 11.9 Å². The van der Waals surface area contributed by atoms with E-state index < -0.39 is 29.4 Å². The second-order valence-corrected chi connectivity index (χ2v) is 6.24. The molecule has 0 unspecified atom stereocenters. The average molecular weight is 270 g/mol. The SMILES string of the molecule is C=CC[C@@H](C(=O)OC(C)(C)C)[C@@H](CC(C)C)C(=O)O. The normalized spacial score (nSPS) is 14.8. The molecule has 0 aromatic rings. The summed E-state index contributed by atoms with van der Waals surface area (Å²) in [4.78, 5) is 23.5. The second-order valence-electron chi connectivity index (χ2n) is 6.24. The zero-order chi connectivity index (χ0) is 15.2. The Balaban J connectivity index is 5.07. The van der Waals surface area contributed by atoms with E-state index in [2.05, 4.69) is 6.58 Å². The van der Waals surface area contributed by atoms with E-state index in [9.17, 15) is 14.7 Å². The third-order valence-corrected chi connectivity index (χ3v) is 2.66. The summed E-state index contributed by atoms with van der Waals surface area (Å²) in [7, 11) is 0. The monoisotopic (exact) mass is 270 g/mol. The maximum atomic E-state index is 12.1. The molecular formula is C15H26O4. The van der Waals surface area contributed by atoms with Crippen LogP contribution in [0.2, 0.25) is 0 Å². The van der Waals surface area contributed by atoms with E-state index in [1.807, 2.05) is 13.8 Å². The first-order valence-corrected chi connectivity index (χ1v) is 6.65. The number of carbonyl (C=O) groups excluding carboxylic acids is 1. The summed E-state index contributed by atoms with van der Waals surface area (Å²) in [6, 6.07) is 0. The maximum Gasteiger partial charge on any atom is 0.310 e. The smallest absolute Gasteiger partial charge is 0.310 e. The molecule has 2 atom stereocenters. The van der Waals surface area contributed by atoms with Gasteiger partial charge >= 0.3 is 11.9 Å². The van der Waals surface area contributed by atoms with Crippen LogP contribution in [0.3, 0.4) is 0 Å². The van der Waals surface area contributed by atoms with Gasteiger partial charge in [-0.15, -0.1) is 6.58 Å². The third-order valence-electron chi connectivity index (χ3n) is 2.66. The molecule has 19 heavy (non-hydrogen) atoms. The van der Waals surface area contributed by atoms with Gasteiger partial charge in [0.2, 0.25) is 0 Å². The molecule has 0 saturated heterocycles. The van der Waals surface area contributed by atoms with Crippen LogP contribution in [0.25, 0.3) is 0 Å². The molecule has 0 heterocycles. The summed E-state index contributed by atoms with van der Waals surface area (Å²) in [6.45, 7) is 12.8. The van der Waals surface area contributed by atoms with Crippen molar-refractivity contribution in [2.45, 2.75) is 53.1 Å². The molecule has 0 spiro atoms. The minimum Gasteiger partial charge on any atom is -0.481 e. The standard InChI is InChI=1S/C15H26O4/c1-7-8-11(14(18)19-15(4,5)6)12(13(16)17)9-10(2)3/h7,10-12H,1,8-9H2,2-6H3,(H,16,17)/t11-,12-/m1/s1. The fourth-order valence-electron chi connectivity index (χ4n) is 1.93. The first-order chi connectivity index (χ1) is 8.58. The number of carboxylic acid groups (broad SMARTS) is 1. The van der Waals surface area contributed by atoms with Crippen LogP contribution in [-0.4, -0.2) is 22.6 Å². The summed E-state index contributed by atoms with van der Waals surface area (Å²) in [5.41, 5.74) is -0.614. The van der Waals surface area contributed by atoms with Crippen LogP contribution in [0.5, 0.6) is 0 Å². The van der Waals surface area contributed by atoms with E-state index in [1.165, 1.54) is 0 Å². The molecule has 110 valence electrons. The molecule has 0 amide bonds. The lowest BCUT2D eigenvalue weighted by Crippen LogP contribution is -2.36. The Morgan fingerprint density at radius 1 is 1.26 bits per heavy atom. The van der Waals surface area contributed by atoms with Crippen LogP contribution in [0.15, 0.2) is 12.7 Å². The van der Waals surface area contributed by atoms with E-state index in [4.69, 9.17) is 4.74 Å². The molecule has 0 aliphatic heterocycles. The van der Waals surface area contributed by atoms with Crippen LogP contribution in [0, 0.1) is 17.8 Å². The van der Waals surface area contributed by atoms with Crippen molar-refractivity contribution in [1.29, 1.82) is 0 Å². The van der Waals surface area contributed by atoms with Gasteiger partial charge in [-0.25, -0.2) is 0 Å². The predicted octanol–water partition coefficient (Wildman–Crippen LogP) is 3.27. The molecule has 0 aromatic heterocycles. The molecular weight excluding hydrogens is 244 g/mol. The number of ether oxygens (including phenoxy) is 1. The van der Waals surface area contributed by atoms with Crippen LogP contribution >= 0.6 is 0 Å². The summed E-state index contributed by atoms with van der Waals surface area (Å²) >= 11 is 0. The molecule has 0 radical (unpaired) electrons. The van der Waals surface area contributed by atoms with Crippen LogP contribution in [0.4, 0.5) is 0 Å². The third kappa shape index (κ3) is 6.99. The Labute approximate surface area is 115 Å². The Bertz CT molecular complexity index is 326. The fraction of sp³-hybridized carbons (Fsp3) is 0.733. The number of carbonyl (C=O) groups is 2. The molecule has 0 aliphatic rings. The van der Waals surface area contributed by atoms with Gasteiger partial charge in [-0.05, 0) is 39.5 Å². The molecule has 1 N–H and O–H groups in total. The van der Waals surface area contributed by atoms with E-state index >= 15 is 0 Å². The van der Waals surface area contributed by atoms with Gasteiger partial charge in [0.15, 0.2) is 0 Å². The highest BCUT2D eigenvalue weighted by Gasteiger charge is 2.35. The molecule has 0 saturated carbocycles. The number of hydrogen-bond donors (Lipinski definition) is 1. The Morgan fingerprint density at radius 3 is 2.11 bits per heavy atom. The maximum absolute atomic E-state index is 12.1. The largest absolute Gasteiger partial charge is 0.481 e. The molecule has 0 rings (SSSR count). The van der Waals surface area contributed by atoms with Gasteiger partial charge in [0.05, 0.1) is 11.8 Å². The Hall–Kier alpha value is -1.32. The van der Waals surface area contributed by atoms with Gasteiger partial charge in [0.25, 0.3) is 0 Å². The van der Waals surface area contributed by atoms with Crippen molar-refractivity contribution < 1.29 is 19.4 Å². The van der Waals surface area contributed by atoms with Crippen molar-refractivity contribution in [3.05, 3.63) is 12.7 Å². The minimum absolute atomic E-state index is 0.204. The predicted molar refractivity (Wildman–Crippen MR) is 74.7 cm³/mol. The van der Waals surface area contributed by atoms with Crippen molar-refractivity contribution in [3.8, 4) is 0 Å². The van der Waals surface area contributed by atoms with Gasteiger partial charge in [-0.3, -0.25) is 9.59 Å². The Morgan fingerprint density at radius 2 is 1.79 bits per heavy atom. The second kappa shape index (κ2) is 7.31. The molecule has 4 nitrogen and oxygen atoms in total. The average Bonchev–Trinajstić information content (AvgIpc) is 2.19. The lowest BCUT2D eigenvalue weighted by atomic mass is 9.83. The van der Waals surface area contributed by atoms with Crippen LogP contribution in [0.1, 0.15) is 47.5 Å². The summed E-state index contributed by atoms with van der Waals surface area (Å²) < 4.78 is 5.32. The fourth-order valence-corrected chi connectivity index (χ4v) is 1.93. The first kappa shape index (κ1) is 17.7. The van der Waals surface area contributed by atoms with Crippen LogP contribution in [-0.2, 0) is 14.3 Å². The lowest BCUT2D eigenvalue weighted by Gasteiger charge is -2.27. The first-order valence-electron chi connectivity index (χ1n) is 6.65. The van der Waals surface area contributed by atoms with Crippen molar-refractivity contribution in [2.24, 2.45) is 17.8 Å². The molecule has 0 aliphatic carbocycles. The number of allylic oxidation sites excluding steroid dienone is 1. The van der Waals surface area contributed by atoms with Gasteiger partial charge in [-0.2, -0.15) is 0 Å². The zero-order valence-corrected chi connectivity index (χ0v) is 12.6. The summed E-state index contributed by atoms with van der Waals surface area (Å²) in [5, 5.41) is 9.32. The minimum atomic E-state index is -0.952. The Kier molecular flexibility index (Phi) is 6.81. The van der Waals surface area contributed by atoms with Gasteiger partial charge in [0.1, 0.15) is 5.60 Å². The number of carboxylic acids is 1. The van der Waals surface area contributed by atoms with Gasteiger partial charge < -0.3 is 9.84 Å². The highest BCUT2D eigenvalue weighted by Crippen LogP contribution is 2.27. The van der Waals surface area contributed by atoms with Gasteiger partial charge in [0, 0.05) is 0 Å².